The van der Waals surface area contributed by atoms with Gasteiger partial charge in [0.25, 0.3) is 5.91 Å². The molecule has 0 aliphatic heterocycles. The van der Waals surface area contributed by atoms with Gasteiger partial charge in [0.1, 0.15) is 5.82 Å². The largest absolute Gasteiger partial charge is 0.490 e. The number of carbonyl (C=O) groups excluding carboxylic acids is 2. The van der Waals surface area contributed by atoms with Gasteiger partial charge < -0.3 is 26.1 Å². The number of nitrogens with zero attached hydrogens (tertiary/aromatic N) is 3. The predicted molar refractivity (Wildman–Crippen MR) is 116 cm³/mol. The second kappa shape index (κ2) is 7.97. The quantitative estimate of drug-likeness (QED) is 0.400. The Bertz CT molecular complexity index is 1410. The van der Waals surface area contributed by atoms with Crippen molar-refractivity contribution in [3.05, 3.63) is 42.6 Å². The number of fused-ring (bicyclic) bond motifs is 3. The molecule has 4 aromatic rings. The Morgan fingerprint density at radius 3 is 2.64 bits per heavy atom. The lowest BCUT2D eigenvalue weighted by Gasteiger charge is -2.13. The van der Waals surface area contributed by atoms with E-state index in [4.69, 9.17) is 11.5 Å². The normalized spacial score (nSPS) is 11.6. The van der Waals surface area contributed by atoms with Gasteiger partial charge in [0.2, 0.25) is 5.95 Å². The lowest BCUT2D eigenvalue weighted by atomic mass is 9.99. The number of halogens is 3. The van der Waals surface area contributed by atoms with Crippen molar-refractivity contribution in [1.82, 2.24) is 14.5 Å². The van der Waals surface area contributed by atoms with Gasteiger partial charge in [-0.1, -0.05) is 12.1 Å². The van der Waals surface area contributed by atoms with Crippen molar-refractivity contribution in [3.63, 3.8) is 0 Å². The number of aryl methyl sites for hydroxylation is 1. The third kappa shape index (κ3) is 4.22. The molecule has 0 aliphatic rings. The van der Waals surface area contributed by atoms with Crippen molar-refractivity contribution in [2.45, 2.75) is 6.18 Å². The van der Waals surface area contributed by atoms with Crippen LogP contribution in [0.5, 0.6) is 0 Å². The Labute approximate surface area is 184 Å². The Kier molecular flexibility index (Phi) is 5.28. The number of aromatic nitrogens is 3. The van der Waals surface area contributed by atoms with Gasteiger partial charge >= 0.3 is 12.1 Å². The Hall–Kier alpha value is -4.35. The van der Waals surface area contributed by atoms with E-state index in [1.54, 1.807) is 30.3 Å². The van der Waals surface area contributed by atoms with E-state index >= 15 is 0 Å². The fourth-order valence-corrected chi connectivity index (χ4v) is 3.56. The van der Waals surface area contributed by atoms with Crippen molar-refractivity contribution in [3.8, 4) is 11.1 Å². The summed E-state index contributed by atoms with van der Waals surface area (Å²) in [6.07, 6.45) is -3.32. The first kappa shape index (κ1) is 21.9. The lowest BCUT2D eigenvalue weighted by molar-refractivity contribution is -0.199. The van der Waals surface area contributed by atoms with E-state index in [1.807, 2.05) is 23.9 Å². The van der Waals surface area contributed by atoms with E-state index in [-0.39, 0.29) is 11.8 Å². The number of ether oxygens (including phenoxy) is 1. The monoisotopic (exact) mass is 458 g/mol. The maximum Gasteiger partial charge on any atom is 0.490 e. The fraction of sp³-hybridized carbons (Fsp3) is 0.143. The molecule has 0 spiro atoms. The summed E-state index contributed by atoms with van der Waals surface area (Å²) < 4.78 is 42.5. The molecule has 2 aromatic heterocycles. The van der Waals surface area contributed by atoms with Crippen molar-refractivity contribution in [1.29, 1.82) is 0 Å². The zero-order chi connectivity index (χ0) is 23.9. The number of benzene rings is 2. The number of carbonyl (C=O) groups is 2. The molecule has 0 saturated carbocycles. The molecular weight excluding hydrogens is 441 g/mol. The van der Waals surface area contributed by atoms with Crippen LogP contribution < -0.4 is 16.8 Å². The summed E-state index contributed by atoms with van der Waals surface area (Å²) in [6.45, 7) is -1.07. The molecule has 0 saturated heterocycles. The highest BCUT2D eigenvalue weighted by Crippen LogP contribution is 2.37. The van der Waals surface area contributed by atoms with Crippen LogP contribution in [0.25, 0.3) is 32.9 Å². The summed E-state index contributed by atoms with van der Waals surface area (Å²) in [6, 6.07) is 10.3. The molecule has 0 radical (unpaired) electrons. The number of alkyl halides is 3. The van der Waals surface area contributed by atoms with Crippen molar-refractivity contribution >= 4 is 51.1 Å². The fourth-order valence-electron chi connectivity index (χ4n) is 3.56. The maximum atomic E-state index is 12.2. The summed E-state index contributed by atoms with van der Waals surface area (Å²) in [5, 5.41) is 3.87. The van der Waals surface area contributed by atoms with Crippen LogP contribution in [-0.2, 0) is 21.4 Å². The van der Waals surface area contributed by atoms with Crippen LogP contribution in [0.4, 0.5) is 30.6 Å². The van der Waals surface area contributed by atoms with E-state index in [1.165, 1.54) is 0 Å². The van der Waals surface area contributed by atoms with Crippen LogP contribution in [0, 0.1) is 0 Å². The third-order valence-corrected chi connectivity index (χ3v) is 4.88. The maximum absolute atomic E-state index is 12.2. The van der Waals surface area contributed by atoms with Gasteiger partial charge in [-0.15, -0.1) is 0 Å². The number of nitrogens with one attached hydrogen (secondary N) is 1. The van der Waals surface area contributed by atoms with Gasteiger partial charge in [-0.3, -0.25) is 4.79 Å². The molecule has 4 rings (SSSR count). The molecule has 170 valence electrons. The minimum absolute atomic E-state index is 0.0237. The zero-order valence-corrected chi connectivity index (χ0v) is 17.1. The van der Waals surface area contributed by atoms with Crippen molar-refractivity contribution in [2.24, 2.45) is 7.05 Å². The summed E-state index contributed by atoms with van der Waals surface area (Å²) in [7, 11) is 1.85. The van der Waals surface area contributed by atoms with Gasteiger partial charge in [0.15, 0.2) is 6.61 Å². The number of amides is 1. The Morgan fingerprint density at radius 2 is 1.91 bits per heavy atom. The first-order valence-electron chi connectivity index (χ1n) is 9.49. The standard InChI is InChI=1S/C21H17F3N6O3/c1-30-6-5-12-16-14(28-20(26)29-18(16)25)8-13(17(12)30)10-3-2-4-11(7-10)27-15(31)9-33-19(32)21(22,23)24/h2-8H,9H2,1H3,(H,27,31)(H4,25,26,28,29). The highest BCUT2D eigenvalue weighted by atomic mass is 19.4. The SMILES string of the molecule is Cn1ccc2c3c(N)nc(N)nc3cc(-c3cccc(NC(=O)COC(=O)C(F)(F)F)c3)c21. The molecule has 5 N–H and O–H groups in total. The van der Waals surface area contributed by atoms with Crippen LogP contribution in [0.15, 0.2) is 42.6 Å². The molecule has 0 aliphatic carbocycles. The minimum atomic E-state index is -5.17. The van der Waals surface area contributed by atoms with E-state index in [0.29, 0.717) is 22.2 Å². The first-order chi connectivity index (χ1) is 15.5. The van der Waals surface area contributed by atoms with Gasteiger partial charge in [-0.25, -0.2) is 9.78 Å². The number of esters is 1. The Morgan fingerprint density at radius 1 is 1.15 bits per heavy atom. The molecule has 0 fully saturated rings. The number of anilines is 3. The van der Waals surface area contributed by atoms with Crippen LogP contribution in [0.1, 0.15) is 0 Å². The number of nitrogen functional groups attached to an aromatic ring is 2. The number of hydrogen-bond donors (Lipinski definition) is 3. The zero-order valence-electron chi connectivity index (χ0n) is 17.1. The lowest BCUT2D eigenvalue weighted by Crippen LogP contribution is -2.29. The average Bonchev–Trinajstić information content (AvgIpc) is 3.12. The molecule has 12 heteroatoms. The van der Waals surface area contributed by atoms with Crippen molar-refractivity contribution < 1.29 is 27.5 Å². The molecule has 0 bridgehead atoms. The molecule has 9 nitrogen and oxygen atoms in total. The predicted octanol–water partition coefficient (Wildman–Crippen LogP) is 3.00. The molecule has 0 unspecified atom stereocenters. The topological polar surface area (TPSA) is 138 Å². The first-order valence-corrected chi connectivity index (χ1v) is 9.49. The second-order valence-electron chi connectivity index (χ2n) is 7.18. The molecular formula is C21H17F3N6O3. The summed E-state index contributed by atoms with van der Waals surface area (Å²) >= 11 is 0. The summed E-state index contributed by atoms with van der Waals surface area (Å²) in [5.74, 6) is -3.08. The van der Waals surface area contributed by atoms with Gasteiger partial charge in [0.05, 0.1) is 16.4 Å². The van der Waals surface area contributed by atoms with E-state index in [0.717, 1.165) is 16.5 Å². The van der Waals surface area contributed by atoms with Crippen LogP contribution >= 0.6 is 0 Å². The minimum Gasteiger partial charge on any atom is -0.449 e. The molecule has 0 atom stereocenters. The molecule has 2 aromatic carbocycles. The van der Waals surface area contributed by atoms with Crippen LogP contribution in [0.2, 0.25) is 0 Å². The highest BCUT2D eigenvalue weighted by molar-refractivity contribution is 6.15. The van der Waals surface area contributed by atoms with Gasteiger partial charge in [-0.05, 0) is 29.8 Å². The molecule has 33 heavy (non-hydrogen) atoms. The highest BCUT2D eigenvalue weighted by Gasteiger charge is 2.41. The summed E-state index contributed by atoms with van der Waals surface area (Å²) in [4.78, 5) is 31.1. The van der Waals surface area contributed by atoms with E-state index < -0.39 is 24.7 Å². The average molecular weight is 458 g/mol. The number of nitrogens with two attached hydrogens (primary N) is 2. The molecule has 2 heterocycles. The van der Waals surface area contributed by atoms with Gasteiger partial charge in [0, 0.05) is 29.9 Å². The van der Waals surface area contributed by atoms with E-state index in [9.17, 15) is 22.8 Å². The van der Waals surface area contributed by atoms with Crippen LogP contribution in [0.3, 0.4) is 0 Å². The summed E-state index contributed by atoms with van der Waals surface area (Å²) in [5.41, 5.74) is 14.9. The van der Waals surface area contributed by atoms with Crippen LogP contribution in [-0.4, -0.2) is 39.2 Å². The van der Waals surface area contributed by atoms with E-state index in [2.05, 4.69) is 20.0 Å². The number of hydrogen-bond acceptors (Lipinski definition) is 7. The molecule has 1 amide bonds. The second-order valence-corrected chi connectivity index (χ2v) is 7.18. The smallest absolute Gasteiger partial charge is 0.449 e. The van der Waals surface area contributed by atoms with Gasteiger partial charge in [-0.2, -0.15) is 18.2 Å². The third-order valence-electron chi connectivity index (χ3n) is 4.88. The Balaban J connectivity index is 1.70. The van der Waals surface area contributed by atoms with Crippen molar-refractivity contribution in [2.75, 3.05) is 23.4 Å². The number of rotatable bonds is 4.